The molecular weight excluding hydrogens is 207 g/mol. The molecule has 0 aliphatic carbocycles. The van der Waals surface area contributed by atoms with Crippen LogP contribution in [0.3, 0.4) is 0 Å². The van der Waals surface area contributed by atoms with E-state index in [9.17, 15) is 0 Å². The minimum atomic E-state index is 0.563. The highest BCUT2D eigenvalue weighted by molar-refractivity contribution is 6.07. The maximum Gasteiger partial charge on any atom is 0.494 e. The van der Waals surface area contributed by atoms with E-state index < -0.39 is 0 Å². The Balaban J connectivity index is 2.56. The predicted molar refractivity (Wildman–Crippen MR) is 57.1 cm³/mol. The molecule has 0 fully saturated rings. The molecule has 1 radical (unpaired) electrons. The van der Waals surface area contributed by atoms with Crippen LogP contribution in [0.25, 0.3) is 22.2 Å². The molecule has 4 nitrogen and oxygen atoms in total. The molecule has 3 rings (SSSR count). The number of hydrogen-bond acceptors (Lipinski definition) is 4. The second-order valence-corrected chi connectivity index (χ2v) is 3.37. The molecule has 3 aromatic heterocycles. The van der Waals surface area contributed by atoms with Gasteiger partial charge in [-0.3, -0.25) is 4.98 Å². The molecule has 3 aromatic rings. The van der Waals surface area contributed by atoms with Crippen LogP contribution in [-0.2, 0) is 0 Å². The van der Waals surface area contributed by atoms with Gasteiger partial charge in [-0.1, -0.05) is 0 Å². The molecule has 3 heterocycles. The summed E-state index contributed by atoms with van der Waals surface area (Å²) in [6.07, 6.45) is 3.39. The van der Waals surface area contributed by atoms with Gasteiger partial charge < -0.3 is 8.21 Å². The van der Waals surface area contributed by atoms with Crippen molar-refractivity contribution >= 4 is 38.8 Å². The smallest absolute Gasteiger partial charge is 0.494 e. The van der Waals surface area contributed by atoms with E-state index in [-0.39, 0.29) is 0 Å². The fourth-order valence-electron chi connectivity index (χ4n) is 1.61. The van der Waals surface area contributed by atoms with Crippen molar-refractivity contribution in [3.8, 4) is 5.75 Å². The average molecular weight is 213 g/mol. The molecule has 0 amide bonds. The quantitative estimate of drug-likeness (QED) is 0.575. The second kappa shape index (κ2) is 3.23. The van der Waals surface area contributed by atoms with Crippen LogP contribution in [-0.4, -0.2) is 26.6 Å². The number of nitrogens with zero attached hydrogens (tertiary/aromatic N) is 2. The van der Waals surface area contributed by atoms with Crippen LogP contribution < -0.4 is 3.79 Å². The lowest BCUT2D eigenvalue weighted by Crippen LogP contribution is -1.86. The lowest BCUT2D eigenvalue weighted by atomic mass is 10.2. The summed E-state index contributed by atoms with van der Waals surface area (Å²) in [6, 6.07) is 5.50. The summed E-state index contributed by atoms with van der Waals surface area (Å²) in [6.45, 7) is 0. The third-order valence-corrected chi connectivity index (χ3v) is 2.56. The van der Waals surface area contributed by atoms with Gasteiger partial charge in [0.2, 0.25) is 5.71 Å². The summed E-state index contributed by atoms with van der Waals surface area (Å²) in [7, 11) is 0. The Kier molecular flexibility index (Phi) is 1.88. The van der Waals surface area contributed by atoms with Crippen LogP contribution in [0, 0.1) is 0 Å². The SMILES string of the molecule is [AlH][O]c1ccnc2oc3cccnc3c12. The largest absolute Gasteiger partial charge is 0.650 e. The zero-order chi connectivity index (χ0) is 10.3. The van der Waals surface area contributed by atoms with E-state index >= 15 is 0 Å². The third-order valence-electron chi connectivity index (χ3n) is 2.25. The topological polar surface area (TPSA) is 48.2 Å². The summed E-state index contributed by atoms with van der Waals surface area (Å²) in [4.78, 5) is 8.41. The number of aromatic nitrogens is 2. The molecule has 0 aliphatic heterocycles. The highest BCUT2D eigenvalue weighted by atomic mass is 27.1. The lowest BCUT2D eigenvalue weighted by molar-refractivity contribution is 0.617. The van der Waals surface area contributed by atoms with E-state index in [1.807, 2.05) is 12.1 Å². The Bertz CT molecular complexity index is 635. The van der Waals surface area contributed by atoms with Gasteiger partial charge >= 0.3 is 16.6 Å². The Morgan fingerprint density at radius 3 is 3.00 bits per heavy atom. The molecule has 0 aromatic carbocycles. The molecular formula is C10H6AlN2O2. The third kappa shape index (κ3) is 1.21. The first-order valence-electron chi connectivity index (χ1n) is 4.44. The van der Waals surface area contributed by atoms with Crippen LogP contribution in [0.15, 0.2) is 35.0 Å². The Labute approximate surface area is 93.6 Å². The van der Waals surface area contributed by atoms with Gasteiger partial charge in [0.25, 0.3) is 0 Å². The molecule has 5 heteroatoms. The fourth-order valence-corrected chi connectivity index (χ4v) is 1.85. The first kappa shape index (κ1) is 8.72. The summed E-state index contributed by atoms with van der Waals surface area (Å²) in [5.41, 5.74) is 2.09. The molecule has 0 spiro atoms. The predicted octanol–water partition coefficient (Wildman–Crippen LogP) is 1.57. The molecule has 0 aliphatic rings. The van der Waals surface area contributed by atoms with Gasteiger partial charge in [0.15, 0.2) is 5.58 Å². The molecule has 0 atom stereocenters. The van der Waals surface area contributed by atoms with Crippen LogP contribution in [0.4, 0.5) is 0 Å². The molecule has 0 saturated heterocycles. The highest BCUT2D eigenvalue weighted by Crippen LogP contribution is 2.31. The number of rotatable bonds is 1. The summed E-state index contributed by atoms with van der Waals surface area (Å²) in [5.74, 6) is 0.746. The minimum Gasteiger partial charge on any atom is -0.650 e. The maximum absolute atomic E-state index is 5.54. The van der Waals surface area contributed by atoms with Crippen molar-refractivity contribution < 1.29 is 8.21 Å². The molecule has 71 valence electrons. The minimum absolute atomic E-state index is 0.563. The van der Waals surface area contributed by atoms with Crippen LogP contribution in [0.5, 0.6) is 5.75 Å². The molecule has 0 saturated carbocycles. The first-order valence-corrected chi connectivity index (χ1v) is 5.02. The standard InChI is InChI=1S/C10H6N2O2.Al.H/c13-6-3-5-12-10-8(6)9-7(14-10)2-1-4-11-9;;/h1-5H,(H,12,13);;/q;+1;/p-1. The highest BCUT2D eigenvalue weighted by Gasteiger charge is 2.11. The summed E-state index contributed by atoms with van der Waals surface area (Å²) < 4.78 is 10.8. The van der Waals surface area contributed by atoms with Crippen molar-refractivity contribution in [3.63, 3.8) is 0 Å². The van der Waals surface area contributed by atoms with E-state index in [2.05, 4.69) is 9.97 Å². The Hall–Kier alpha value is -1.57. The van der Waals surface area contributed by atoms with Crippen molar-refractivity contribution in [2.75, 3.05) is 0 Å². The van der Waals surface area contributed by atoms with Gasteiger partial charge in [-0.2, -0.15) is 0 Å². The van der Waals surface area contributed by atoms with Gasteiger partial charge in [-0.15, -0.1) is 0 Å². The van der Waals surface area contributed by atoms with E-state index in [4.69, 9.17) is 8.21 Å². The Morgan fingerprint density at radius 1 is 1.20 bits per heavy atom. The van der Waals surface area contributed by atoms with Crippen LogP contribution in [0.2, 0.25) is 0 Å². The van der Waals surface area contributed by atoms with Crippen molar-refractivity contribution in [1.82, 2.24) is 9.97 Å². The van der Waals surface area contributed by atoms with Crippen molar-refractivity contribution in [1.29, 1.82) is 0 Å². The van der Waals surface area contributed by atoms with Crippen molar-refractivity contribution in [3.05, 3.63) is 30.6 Å². The average Bonchev–Trinajstić information content (AvgIpc) is 2.67. The van der Waals surface area contributed by atoms with Crippen molar-refractivity contribution in [2.24, 2.45) is 0 Å². The Morgan fingerprint density at radius 2 is 2.13 bits per heavy atom. The first-order chi connectivity index (χ1) is 7.40. The number of furan rings is 1. The summed E-state index contributed by atoms with van der Waals surface area (Å²) in [5, 5.41) is 0.836. The molecule has 0 bridgehead atoms. The van der Waals surface area contributed by atoms with Crippen LogP contribution >= 0.6 is 0 Å². The van der Waals surface area contributed by atoms with Gasteiger partial charge in [0.1, 0.15) is 10.9 Å². The maximum atomic E-state index is 5.54. The normalized spacial score (nSPS) is 10.9. The number of fused-ring (bicyclic) bond motifs is 3. The molecule has 0 unspecified atom stereocenters. The molecule has 0 N–H and O–H groups in total. The fraction of sp³-hybridized carbons (Fsp3) is 0. The van der Waals surface area contributed by atoms with E-state index in [0.29, 0.717) is 5.71 Å². The number of hydrogen-bond donors (Lipinski definition) is 0. The zero-order valence-corrected chi connectivity index (χ0v) is 9.22. The molecule has 15 heavy (non-hydrogen) atoms. The van der Waals surface area contributed by atoms with E-state index in [1.165, 1.54) is 16.6 Å². The zero-order valence-electron chi connectivity index (χ0n) is 7.80. The van der Waals surface area contributed by atoms with Gasteiger partial charge in [-0.25, -0.2) is 4.98 Å². The summed E-state index contributed by atoms with van der Waals surface area (Å²) >= 11 is 1.42. The van der Waals surface area contributed by atoms with E-state index in [0.717, 1.165) is 22.2 Å². The van der Waals surface area contributed by atoms with Gasteiger partial charge in [-0.05, 0) is 18.2 Å². The monoisotopic (exact) mass is 213 g/mol. The van der Waals surface area contributed by atoms with Crippen molar-refractivity contribution in [2.45, 2.75) is 0 Å². The van der Waals surface area contributed by atoms with E-state index in [1.54, 1.807) is 18.5 Å². The second-order valence-electron chi connectivity index (χ2n) is 3.09. The van der Waals surface area contributed by atoms with Crippen LogP contribution in [0.1, 0.15) is 0 Å². The lowest BCUT2D eigenvalue weighted by Gasteiger charge is -2.01. The number of pyridine rings is 2. The van der Waals surface area contributed by atoms with Gasteiger partial charge in [0, 0.05) is 12.4 Å². The van der Waals surface area contributed by atoms with Gasteiger partial charge in [0.05, 0.1) is 5.75 Å².